The second-order valence-corrected chi connectivity index (χ2v) is 11.0. The van der Waals surface area contributed by atoms with Crippen LogP contribution in [0.5, 0.6) is 0 Å². The van der Waals surface area contributed by atoms with Crippen LogP contribution in [0.25, 0.3) is 0 Å². The van der Waals surface area contributed by atoms with Crippen molar-refractivity contribution < 1.29 is 4.57 Å². The van der Waals surface area contributed by atoms with Gasteiger partial charge in [0.1, 0.15) is 0 Å². The first-order valence-corrected chi connectivity index (χ1v) is 12.6. The third-order valence-electron chi connectivity index (χ3n) is 6.03. The third-order valence-corrected chi connectivity index (χ3v) is 9.56. The minimum Gasteiger partial charge on any atom is -0.378 e. The van der Waals surface area contributed by atoms with Gasteiger partial charge in [0.2, 0.25) is 0 Å². The molecular formula is C26H29N4OP. The number of rotatable bonds is 6. The molecule has 1 atom stereocenters. The van der Waals surface area contributed by atoms with Crippen molar-refractivity contribution in [2.24, 2.45) is 0 Å². The van der Waals surface area contributed by atoms with Gasteiger partial charge in [-0.1, -0.05) is 48.5 Å². The maximum atomic E-state index is 15.3. The fraction of sp³-hybridized carbons (Fsp3) is 0.269. The van der Waals surface area contributed by atoms with Gasteiger partial charge in [-0.25, -0.2) is 0 Å². The van der Waals surface area contributed by atoms with Gasteiger partial charge in [0.05, 0.1) is 18.1 Å². The lowest BCUT2D eigenvalue weighted by Gasteiger charge is -2.48. The third kappa shape index (κ3) is 4.11. The Bertz CT molecular complexity index is 1060. The Morgan fingerprint density at radius 1 is 0.875 bits per heavy atom. The molecule has 0 saturated carbocycles. The summed E-state index contributed by atoms with van der Waals surface area (Å²) >= 11 is 0. The van der Waals surface area contributed by atoms with Gasteiger partial charge >= 0.3 is 0 Å². The van der Waals surface area contributed by atoms with Crippen LogP contribution in [0.1, 0.15) is 24.1 Å². The molecule has 1 aliphatic heterocycles. The van der Waals surface area contributed by atoms with Crippen molar-refractivity contribution in [3.8, 4) is 6.07 Å². The van der Waals surface area contributed by atoms with Gasteiger partial charge in [-0.3, -0.25) is 4.57 Å². The normalized spacial score (nSPS) is 16.3. The Morgan fingerprint density at radius 2 is 1.38 bits per heavy atom. The number of para-hydroxylation sites is 2. The van der Waals surface area contributed by atoms with Crippen LogP contribution in [-0.4, -0.2) is 27.2 Å². The van der Waals surface area contributed by atoms with Gasteiger partial charge < -0.3 is 14.2 Å². The molecule has 3 aromatic rings. The quantitative estimate of drug-likeness (QED) is 0.417. The molecule has 1 unspecified atom stereocenters. The summed E-state index contributed by atoms with van der Waals surface area (Å²) in [5.74, 6) is 0. The van der Waals surface area contributed by atoms with Crippen molar-refractivity contribution in [1.82, 2.24) is 0 Å². The van der Waals surface area contributed by atoms with Crippen molar-refractivity contribution in [2.75, 3.05) is 41.4 Å². The van der Waals surface area contributed by atoms with Crippen molar-refractivity contribution in [2.45, 2.75) is 18.5 Å². The Hall–Kier alpha value is -3.22. The van der Waals surface area contributed by atoms with E-state index < -0.39 is 13.1 Å². The van der Waals surface area contributed by atoms with Gasteiger partial charge in [0.25, 0.3) is 7.44 Å². The summed E-state index contributed by atoms with van der Waals surface area (Å²) in [6.45, 7) is 1.39. The molecule has 0 aliphatic carbocycles. The number of hydrogen-bond donors (Lipinski definition) is 0. The molecule has 1 aliphatic rings. The first kappa shape index (κ1) is 22.0. The van der Waals surface area contributed by atoms with E-state index in [4.69, 9.17) is 0 Å². The van der Waals surface area contributed by atoms with Crippen LogP contribution < -0.4 is 14.2 Å². The summed E-state index contributed by atoms with van der Waals surface area (Å²) in [6.07, 6.45) is 1.08. The van der Waals surface area contributed by atoms with Crippen LogP contribution in [-0.2, 0) is 4.57 Å². The highest BCUT2D eigenvalue weighted by Gasteiger charge is 2.47. The number of nitrogens with zero attached hydrogens (tertiary/aromatic N) is 4. The smallest absolute Gasteiger partial charge is 0.271 e. The lowest BCUT2D eigenvalue weighted by atomic mass is 10.1. The molecule has 0 bridgehead atoms. The number of nitriles is 1. The van der Waals surface area contributed by atoms with E-state index in [2.05, 4.69) is 15.4 Å². The summed E-state index contributed by atoms with van der Waals surface area (Å²) in [5, 5.41) is 9.78. The fourth-order valence-corrected chi connectivity index (χ4v) is 8.02. The van der Waals surface area contributed by atoms with E-state index in [0.29, 0.717) is 13.1 Å². The highest BCUT2D eigenvalue weighted by atomic mass is 31.2. The molecule has 6 heteroatoms. The van der Waals surface area contributed by atoms with Gasteiger partial charge in [0.15, 0.2) is 0 Å². The van der Waals surface area contributed by atoms with E-state index >= 15 is 4.57 Å². The molecule has 0 radical (unpaired) electrons. The van der Waals surface area contributed by atoms with Gasteiger partial charge in [0, 0.05) is 44.2 Å². The summed E-state index contributed by atoms with van der Waals surface area (Å²) < 4.78 is 19.4. The Kier molecular flexibility index (Phi) is 6.53. The van der Waals surface area contributed by atoms with Crippen LogP contribution in [0.15, 0.2) is 84.9 Å². The standard InChI is InChI=1S/C26H29N4OP/c1-28(2)23-16-14-22(15-17-23)26(18-19-27)32(31)29(24-10-5-3-6-11-24)20-9-21-30(32)25-12-7-4-8-13-25/h3-8,10-17,26H,9,18,20-21H2,1-2H3. The molecule has 3 aromatic carbocycles. The van der Waals surface area contributed by atoms with E-state index in [1.165, 1.54) is 0 Å². The van der Waals surface area contributed by atoms with Crippen LogP contribution in [0.4, 0.5) is 17.1 Å². The Balaban J connectivity index is 1.88. The topological polar surface area (TPSA) is 50.6 Å². The minimum absolute atomic E-state index is 0.186. The first-order valence-electron chi connectivity index (χ1n) is 11.0. The minimum atomic E-state index is -3.23. The fourth-order valence-electron chi connectivity index (χ4n) is 4.42. The molecular weight excluding hydrogens is 415 g/mol. The maximum Gasteiger partial charge on any atom is 0.271 e. The van der Waals surface area contributed by atoms with Gasteiger partial charge in [-0.15, -0.1) is 0 Å². The zero-order chi connectivity index (χ0) is 22.6. The number of hydrogen-bond acceptors (Lipinski definition) is 3. The van der Waals surface area contributed by atoms with E-state index in [1.807, 2.05) is 104 Å². The molecule has 1 fully saturated rings. The zero-order valence-corrected chi connectivity index (χ0v) is 19.5. The number of anilines is 3. The summed E-state index contributed by atoms with van der Waals surface area (Å²) in [5.41, 5.74) is 3.45. The second-order valence-electron chi connectivity index (χ2n) is 8.22. The van der Waals surface area contributed by atoms with E-state index in [0.717, 1.165) is 29.0 Å². The monoisotopic (exact) mass is 444 g/mol. The highest BCUT2D eigenvalue weighted by Crippen LogP contribution is 2.68. The zero-order valence-electron chi connectivity index (χ0n) is 18.6. The predicted octanol–water partition coefficient (Wildman–Crippen LogP) is 6.32. The average molecular weight is 445 g/mol. The van der Waals surface area contributed by atoms with E-state index in [9.17, 15) is 5.26 Å². The van der Waals surface area contributed by atoms with E-state index in [1.54, 1.807) is 0 Å². The summed E-state index contributed by atoms with van der Waals surface area (Å²) in [4.78, 5) is 2.04. The molecule has 1 heterocycles. The number of benzene rings is 3. The Labute approximate surface area is 191 Å². The van der Waals surface area contributed by atoms with Gasteiger partial charge in [-0.05, 0) is 48.4 Å². The molecule has 5 nitrogen and oxygen atoms in total. The molecule has 164 valence electrons. The first-order chi connectivity index (χ1) is 15.6. The largest absolute Gasteiger partial charge is 0.378 e. The van der Waals surface area contributed by atoms with Crippen molar-refractivity contribution >= 4 is 24.5 Å². The molecule has 0 aromatic heterocycles. The molecule has 32 heavy (non-hydrogen) atoms. The predicted molar refractivity (Wildman–Crippen MR) is 134 cm³/mol. The molecule has 0 spiro atoms. The van der Waals surface area contributed by atoms with Crippen molar-refractivity contribution in [3.63, 3.8) is 0 Å². The Morgan fingerprint density at radius 3 is 1.81 bits per heavy atom. The second kappa shape index (κ2) is 9.51. The SMILES string of the molecule is CN(C)c1ccc(C(CC#N)P2(=O)N(c3ccccc3)CCCN2c2ccccc2)cc1. The lowest BCUT2D eigenvalue weighted by molar-refractivity contribution is 0.547. The highest BCUT2D eigenvalue weighted by molar-refractivity contribution is 7.67. The molecule has 4 rings (SSSR count). The van der Waals surface area contributed by atoms with Crippen molar-refractivity contribution in [3.05, 3.63) is 90.5 Å². The van der Waals surface area contributed by atoms with Crippen LogP contribution in [0.3, 0.4) is 0 Å². The molecule has 0 N–H and O–H groups in total. The van der Waals surface area contributed by atoms with Gasteiger partial charge in [-0.2, -0.15) is 5.26 Å². The summed E-state index contributed by atoms with van der Waals surface area (Å²) in [7, 11) is 0.764. The molecule has 1 saturated heterocycles. The van der Waals surface area contributed by atoms with E-state index in [-0.39, 0.29) is 6.42 Å². The lowest BCUT2D eigenvalue weighted by Crippen LogP contribution is -2.41. The van der Waals surface area contributed by atoms with Crippen LogP contribution in [0, 0.1) is 11.3 Å². The summed E-state index contributed by atoms with van der Waals surface area (Å²) in [6, 6.07) is 30.4. The average Bonchev–Trinajstić information content (AvgIpc) is 2.83. The van der Waals surface area contributed by atoms with Crippen LogP contribution >= 0.6 is 7.44 Å². The maximum absolute atomic E-state index is 15.3. The molecule has 0 amide bonds. The van der Waals surface area contributed by atoms with Crippen LogP contribution in [0.2, 0.25) is 0 Å². The van der Waals surface area contributed by atoms with Crippen molar-refractivity contribution in [1.29, 1.82) is 5.26 Å².